The van der Waals surface area contributed by atoms with Crippen molar-refractivity contribution < 1.29 is 0 Å². The highest BCUT2D eigenvalue weighted by molar-refractivity contribution is 4.90. The Morgan fingerprint density at radius 3 is 2.44 bits per heavy atom. The number of likely N-dealkylation sites (N-methyl/N-ethyl adjacent to an activating group) is 2. The molecular weight excluding hydrogens is 196 g/mol. The molecule has 2 nitrogen and oxygen atoms in total. The van der Waals surface area contributed by atoms with Crippen molar-refractivity contribution in [2.45, 2.75) is 64.5 Å². The molecule has 16 heavy (non-hydrogen) atoms. The quantitative estimate of drug-likeness (QED) is 0.746. The van der Waals surface area contributed by atoms with Crippen LogP contribution in [0.3, 0.4) is 0 Å². The third-order valence-corrected chi connectivity index (χ3v) is 4.26. The van der Waals surface area contributed by atoms with Crippen molar-refractivity contribution in [1.82, 2.24) is 10.2 Å². The molecule has 2 saturated carbocycles. The summed E-state index contributed by atoms with van der Waals surface area (Å²) in [7, 11) is 0. The topological polar surface area (TPSA) is 15.3 Å². The number of nitrogens with zero attached hydrogens (tertiary/aromatic N) is 1. The molecule has 0 aromatic heterocycles. The average molecular weight is 224 g/mol. The maximum Gasteiger partial charge on any atom is 0.0249 e. The molecule has 0 heterocycles. The van der Waals surface area contributed by atoms with Gasteiger partial charge in [-0.3, -0.25) is 4.90 Å². The van der Waals surface area contributed by atoms with E-state index in [1.165, 1.54) is 51.6 Å². The van der Waals surface area contributed by atoms with Gasteiger partial charge in [0.1, 0.15) is 0 Å². The summed E-state index contributed by atoms with van der Waals surface area (Å²) in [5.74, 6) is 1.03. The fourth-order valence-corrected chi connectivity index (χ4v) is 3.18. The normalized spacial score (nSPS) is 30.9. The van der Waals surface area contributed by atoms with Crippen LogP contribution in [-0.4, -0.2) is 36.6 Å². The van der Waals surface area contributed by atoms with Crippen molar-refractivity contribution in [2.24, 2.45) is 5.92 Å². The van der Waals surface area contributed by atoms with E-state index in [0.29, 0.717) is 0 Å². The Morgan fingerprint density at radius 1 is 1.06 bits per heavy atom. The SMILES string of the molecule is CCNC1CCCCC1N(CC)CC1CC1. The van der Waals surface area contributed by atoms with Gasteiger partial charge in [-0.25, -0.2) is 0 Å². The Labute approximate surface area is 101 Å². The lowest BCUT2D eigenvalue weighted by atomic mass is 9.89. The Hall–Kier alpha value is -0.0800. The maximum atomic E-state index is 3.70. The molecule has 2 rings (SSSR count). The zero-order valence-electron chi connectivity index (χ0n) is 11.0. The van der Waals surface area contributed by atoms with Gasteiger partial charge in [-0.2, -0.15) is 0 Å². The molecule has 0 aromatic carbocycles. The molecule has 2 aliphatic carbocycles. The summed E-state index contributed by atoms with van der Waals surface area (Å²) < 4.78 is 0. The number of hydrogen-bond acceptors (Lipinski definition) is 2. The van der Waals surface area contributed by atoms with Gasteiger partial charge in [0.05, 0.1) is 0 Å². The molecule has 0 aromatic rings. The fourth-order valence-electron chi connectivity index (χ4n) is 3.18. The zero-order valence-corrected chi connectivity index (χ0v) is 11.0. The first-order valence-electron chi connectivity index (χ1n) is 7.32. The van der Waals surface area contributed by atoms with E-state index in [1.807, 2.05) is 0 Å². The van der Waals surface area contributed by atoms with Gasteiger partial charge < -0.3 is 5.32 Å². The molecule has 2 heteroatoms. The van der Waals surface area contributed by atoms with Crippen LogP contribution < -0.4 is 5.32 Å². The second kappa shape index (κ2) is 6.02. The molecule has 0 saturated heterocycles. The molecule has 2 aliphatic rings. The van der Waals surface area contributed by atoms with E-state index in [1.54, 1.807) is 0 Å². The van der Waals surface area contributed by atoms with E-state index in [-0.39, 0.29) is 0 Å². The lowest BCUT2D eigenvalue weighted by Crippen LogP contribution is -2.52. The highest BCUT2D eigenvalue weighted by Gasteiger charge is 2.32. The molecule has 2 fully saturated rings. The standard InChI is InChI=1S/C14H28N2/c1-3-15-13-7-5-6-8-14(13)16(4-2)11-12-9-10-12/h12-15H,3-11H2,1-2H3. The molecule has 0 bridgehead atoms. The van der Waals surface area contributed by atoms with Crippen LogP contribution >= 0.6 is 0 Å². The minimum atomic E-state index is 0.762. The summed E-state index contributed by atoms with van der Waals surface area (Å²) in [5, 5.41) is 3.70. The van der Waals surface area contributed by atoms with E-state index >= 15 is 0 Å². The van der Waals surface area contributed by atoms with Crippen LogP contribution in [0.2, 0.25) is 0 Å². The Bertz CT molecular complexity index is 199. The predicted octanol–water partition coefficient (Wildman–Crippen LogP) is 2.64. The second-order valence-corrected chi connectivity index (χ2v) is 5.55. The van der Waals surface area contributed by atoms with Gasteiger partial charge in [0, 0.05) is 18.6 Å². The molecule has 0 aliphatic heterocycles. The van der Waals surface area contributed by atoms with Gasteiger partial charge >= 0.3 is 0 Å². The highest BCUT2D eigenvalue weighted by atomic mass is 15.2. The monoisotopic (exact) mass is 224 g/mol. The Balaban J connectivity index is 1.89. The molecule has 0 spiro atoms. The van der Waals surface area contributed by atoms with Crippen molar-refractivity contribution in [3.63, 3.8) is 0 Å². The van der Waals surface area contributed by atoms with Crippen molar-refractivity contribution in [1.29, 1.82) is 0 Å². The molecule has 2 atom stereocenters. The summed E-state index contributed by atoms with van der Waals surface area (Å²) in [6.45, 7) is 8.30. The number of rotatable bonds is 6. The summed E-state index contributed by atoms with van der Waals surface area (Å²) in [5.41, 5.74) is 0. The lowest BCUT2D eigenvalue weighted by Gasteiger charge is -2.40. The van der Waals surface area contributed by atoms with Crippen molar-refractivity contribution in [3.05, 3.63) is 0 Å². The van der Waals surface area contributed by atoms with Crippen LogP contribution in [0.1, 0.15) is 52.4 Å². The van der Waals surface area contributed by atoms with Crippen molar-refractivity contribution >= 4 is 0 Å². The third-order valence-electron chi connectivity index (χ3n) is 4.26. The summed E-state index contributed by atoms with van der Waals surface area (Å²) in [6.07, 6.45) is 8.63. The first-order valence-corrected chi connectivity index (χ1v) is 7.32. The molecule has 0 amide bonds. The molecule has 94 valence electrons. The highest BCUT2D eigenvalue weighted by Crippen LogP contribution is 2.32. The first-order chi connectivity index (χ1) is 7.85. The molecule has 1 N–H and O–H groups in total. The largest absolute Gasteiger partial charge is 0.313 e. The lowest BCUT2D eigenvalue weighted by molar-refractivity contribution is 0.123. The van der Waals surface area contributed by atoms with E-state index < -0.39 is 0 Å². The van der Waals surface area contributed by atoms with Gasteiger partial charge in [0.2, 0.25) is 0 Å². The van der Waals surface area contributed by atoms with Gasteiger partial charge in [-0.1, -0.05) is 26.7 Å². The van der Waals surface area contributed by atoms with Crippen LogP contribution in [0.15, 0.2) is 0 Å². The number of hydrogen-bond donors (Lipinski definition) is 1. The number of nitrogens with one attached hydrogen (secondary N) is 1. The van der Waals surface area contributed by atoms with Crippen LogP contribution in [0.4, 0.5) is 0 Å². The minimum absolute atomic E-state index is 0.762. The van der Waals surface area contributed by atoms with Crippen LogP contribution in [-0.2, 0) is 0 Å². The second-order valence-electron chi connectivity index (χ2n) is 5.55. The molecule has 2 unspecified atom stereocenters. The Morgan fingerprint density at radius 2 is 1.81 bits per heavy atom. The van der Waals surface area contributed by atoms with E-state index in [2.05, 4.69) is 24.1 Å². The van der Waals surface area contributed by atoms with Gasteiger partial charge in [0.25, 0.3) is 0 Å². The van der Waals surface area contributed by atoms with E-state index in [9.17, 15) is 0 Å². The maximum absolute atomic E-state index is 3.70. The smallest absolute Gasteiger partial charge is 0.0249 e. The molecular formula is C14H28N2. The van der Waals surface area contributed by atoms with Crippen LogP contribution in [0, 0.1) is 5.92 Å². The van der Waals surface area contributed by atoms with Gasteiger partial charge in [-0.05, 0) is 44.7 Å². The predicted molar refractivity (Wildman–Crippen MR) is 69.7 cm³/mol. The summed E-state index contributed by atoms with van der Waals surface area (Å²) >= 11 is 0. The first kappa shape index (κ1) is 12.4. The van der Waals surface area contributed by atoms with Crippen molar-refractivity contribution in [2.75, 3.05) is 19.6 Å². The zero-order chi connectivity index (χ0) is 11.4. The summed E-state index contributed by atoms with van der Waals surface area (Å²) in [6, 6.07) is 1.58. The van der Waals surface area contributed by atoms with E-state index in [4.69, 9.17) is 0 Å². The Kier molecular flexibility index (Phi) is 4.66. The van der Waals surface area contributed by atoms with Crippen LogP contribution in [0.25, 0.3) is 0 Å². The summed E-state index contributed by atoms with van der Waals surface area (Å²) in [4.78, 5) is 2.75. The van der Waals surface area contributed by atoms with Crippen LogP contribution in [0.5, 0.6) is 0 Å². The fraction of sp³-hybridized carbons (Fsp3) is 1.00. The van der Waals surface area contributed by atoms with Crippen molar-refractivity contribution in [3.8, 4) is 0 Å². The van der Waals surface area contributed by atoms with Gasteiger partial charge in [-0.15, -0.1) is 0 Å². The van der Waals surface area contributed by atoms with Gasteiger partial charge in [0.15, 0.2) is 0 Å². The minimum Gasteiger partial charge on any atom is -0.313 e. The molecule has 0 radical (unpaired) electrons. The average Bonchev–Trinajstić information content (AvgIpc) is 3.11. The third kappa shape index (κ3) is 3.21. The van der Waals surface area contributed by atoms with E-state index in [0.717, 1.165) is 24.5 Å².